The molecule has 0 amide bonds. The molecule has 4 heteroatoms. The molecule has 0 radical (unpaired) electrons. The molecular formula is C19H23BrFNO. The summed E-state index contributed by atoms with van der Waals surface area (Å²) in [6, 6.07) is 12.7. The molecule has 2 nitrogen and oxygen atoms in total. The van der Waals surface area contributed by atoms with Crippen LogP contribution in [0.3, 0.4) is 0 Å². The van der Waals surface area contributed by atoms with Crippen LogP contribution >= 0.6 is 15.9 Å². The third kappa shape index (κ3) is 5.13. The molecule has 0 aliphatic rings. The van der Waals surface area contributed by atoms with Crippen LogP contribution in [0.2, 0.25) is 0 Å². The van der Waals surface area contributed by atoms with E-state index in [0.717, 1.165) is 40.5 Å². The normalized spacial score (nSPS) is 12.6. The van der Waals surface area contributed by atoms with E-state index in [1.807, 2.05) is 24.3 Å². The molecule has 0 aromatic heterocycles. The summed E-state index contributed by atoms with van der Waals surface area (Å²) in [5, 5.41) is 9.71. The van der Waals surface area contributed by atoms with E-state index >= 15 is 0 Å². The van der Waals surface area contributed by atoms with Gasteiger partial charge in [0, 0.05) is 10.4 Å². The molecule has 1 atom stereocenters. The van der Waals surface area contributed by atoms with E-state index in [2.05, 4.69) is 41.0 Å². The summed E-state index contributed by atoms with van der Waals surface area (Å²) >= 11 is 3.46. The lowest BCUT2D eigenvalue weighted by Gasteiger charge is -2.22. The third-order valence-electron chi connectivity index (χ3n) is 4.02. The topological polar surface area (TPSA) is 23.5 Å². The van der Waals surface area contributed by atoms with E-state index in [1.165, 1.54) is 12.1 Å². The smallest absolute Gasteiger partial charge is 0.123 e. The maximum absolute atomic E-state index is 13.3. The van der Waals surface area contributed by atoms with Gasteiger partial charge in [-0.2, -0.15) is 0 Å². The molecule has 0 spiro atoms. The van der Waals surface area contributed by atoms with Gasteiger partial charge in [0.05, 0.1) is 6.61 Å². The molecular weight excluding hydrogens is 357 g/mol. The zero-order chi connectivity index (χ0) is 16.8. The number of rotatable bonds is 7. The highest BCUT2D eigenvalue weighted by molar-refractivity contribution is 9.10. The van der Waals surface area contributed by atoms with Gasteiger partial charge in [-0.3, -0.25) is 0 Å². The van der Waals surface area contributed by atoms with Crippen molar-refractivity contribution in [2.24, 2.45) is 0 Å². The highest BCUT2D eigenvalue weighted by Crippen LogP contribution is 2.33. The van der Waals surface area contributed by atoms with Crippen molar-refractivity contribution >= 4 is 15.9 Å². The second-order valence-corrected chi connectivity index (χ2v) is 6.97. The number of halogens is 2. The van der Waals surface area contributed by atoms with Crippen molar-refractivity contribution in [3.8, 4) is 0 Å². The highest BCUT2D eigenvalue weighted by Gasteiger charge is 2.18. The van der Waals surface area contributed by atoms with E-state index in [1.54, 1.807) is 0 Å². The van der Waals surface area contributed by atoms with Crippen LogP contribution in [0.1, 0.15) is 35.4 Å². The van der Waals surface area contributed by atoms with E-state index in [-0.39, 0.29) is 18.3 Å². The second kappa shape index (κ2) is 8.57. The van der Waals surface area contributed by atoms with Crippen molar-refractivity contribution in [3.63, 3.8) is 0 Å². The Kier molecular flexibility index (Phi) is 6.75. The minimum absolute atomic E-state index is 0.000147. The largest absolute Gasteiger partial charge is 0.392 e. The fourth-order valence-corrected chi connectivity index (χ4v) is 3.27. The van der Waals surface area contributed by atoms with E-state index < -0.39 is 0 Å². The molecule has 0 fully saturated rings. The summed E-state index contributed by atoms with van der Waals surface area (Å²) in [4.78, 5) is 2.16. The summed E-state index contributed by atoms with van der Waals surface area (Å²) in [6.07, 6.45) is 1.99. The monoisotopic (exact) mass is 379 g/mol. The molecule has 0 saturated carbocycles. The Labute approximate surface area is 146 Å². The minimum atomic E-state index is -0.223. The molecule has 2 aromatic carbocycles. The Hall–Kier alpha value is -1.23. The van der Waals surface area contributed by atoms with Crippen molar-refractivity contribution in [1.82, 2.24) is 4.90 Å². The van der Waals surface area contributed by atoms with Gasteiger partial charge in [-0.05, 0) is 74.4 Å². The molecule has 2 aromatic rings. The molecule has 0 saturated heterocycles. The Morgan fingerprint density at radius 1 is 1.13 bits per heavy atom. The molecule has 1 N–H and O–H groups in total. The number of hydrogen-bond donors (Lipinski definition) is 1. The van der Waals surface area contributed by atoms with Gasteiger partial charge in [0.25, 0.3) is 0 Å². The number of aliphatic hydroxyl groups excluding tert-OH is 1. The fraction of sp³-hybridized carbons (Fsp3) is 0.368. The zero-order valence-electron chi connectivity index (χ0n) is 13.6. The molecule has 0 aliphatic carbocycles. The van der Waals surface area contributed by atoms with Gasteiger partial charge in [-0.15, -0.1) is 0 Å². The quantitative estimate of drug-likeness (QED) is 0.762. The Morgan fingerprint density at radius 2 is 1.83 bits per heavy atom. The second-order valence-electron chi connectivity index (χ2n) is 6.05. The lowest BCUT2D eigenvalue weighted by Crippen LogP contribution is -2.14. The number of benzene rings is 2. The minimum Gasteiger partial charge on any atom is -0.392 e. The maximum Gasteiger partial charge on any atom is 0.123 e. The van der Waals surface area contributed by atoms with Crippen LogP contribution in [0.15, 0.2) is 46.9 Å². The van der Waals surface area contributed by atoms with Crippen molar-refractivity contribution in [3.05, 3.63) is 69.4 Å². The SMILES string of the molecule is CN(C)CCCC(c1ccc(F)cc1)c1ccc(Br)cc1CO. The van der Waals surface area contributed by atoms with Crippen molar-refractivity contribution in [2.75, 3.05) is 20.6 Å². The lowest BCUT2D eigenvalue weighted by atomic mass is 9.85. The summed E-state index contributed by atoms with van der Waals surface area (Å²) in [7, 11) is 4.12. The molecule has 0 bridgehead atoms. The number of nitrogens with zero attached hydrogens (tertiary/aromatic N) is 1. The molecule has 124 valence electrons. The molecule has 23 heavy (non-hydrogen) atoms. The predicted molar refractivity (Wildman–Crippen MR) is 96.1 cm³/mol. The standard InChI is InChI=1S/C19H23BrFNO/c1-22(2)11-3-4-18(14-5-8-17(21)9-6-14)19-10-7-16(20)12-15(19)13-23/h5-10,12,18,23H,3-4,11,13H2,1-2H3. The molecule has 2 rings (SSSR count). The Balaban J connectivity index is 2.34. The van der Waals surface area contributed by atoms with Gasteiger partial charge in [0.15, 0.2) is 0 Å². The van der Waals surface area contributed by atoms with Crippen molar-refractivity contribution in [1.29, 1.82) is 0 Å². The number of hydrogen-bond acceptors (Lipinski definition) is 2. The van der Waals surface area contributed by atoms with Crippen LogP contribution in [0.4, 0.5) is 4.39 Å². The van der Waals surface area contributed by atoms with Crippen molar-refractivity contribution < 1.29 is 9.50 Å². The Morgan fingerprint density at radius 3 is 2.43 bits per heavy atom. The van der Waals surface area contributed by atoms with Gasteiger partial charge < -0.3 is 10.0 Å². The van der Waals surface area contributed by atoms with Crippen LogP contribution in [0.5, 0.6) is 0 Å². The maximum atomic E-state index is 13.3. The summed E-state index contributed by atoms with van der Waals surface area (Å²) in [5.41, 5.74) is 3.11. The van der Waals surface area contributed by atoms with Gasteiger partial charge in [0.1, 0.15) is 5.82 Å². The first kappa shape index (κ1) is 18.1. The molecule has 0 heterocycles. The predicted octanol–water partition coefficient (Wildman–Crippen LogP) is 4.55. The van der Waals surface area contributed by atoms with Crippen molar-refractivity contribution in [2.45, 2.75) is 25.4 Å². The molecule has 0 aliphatic heterocycles. The molecule has 1 unspecified atom stereocenters. The Bertz CT molecular complexity index is 628. The summed E-state index contributed by atoms with van der Waals surface area (Å²) in [6.45, 7) is 1.00. The van der Waals surface area contributed by atoms with Gasteiger partial charge in [-0.25, -0.2) is 4.39 Å². The number of aliphatic hydroxyl groups is 1. The first-order chi connectivity index (χ1) is 11.0. The fourth-order valence-electron chi connectivity index (χ4n) is 2.86. The van der Waals surface area contributed by atoms with E-state index in [4.69, 9.17) is 0 Å². The van der Waals surface area contributed by atoms with Crippen LogP contribution in [0, 0.1) is 5.82 Å². The average molecular weight is 380 g/mol. The van der Waals surface area contributed by atoms with Crippen LogP contribution in [-0.2, 0) is 6.61 Å². The average Bonchev–Trinajstić information content (AvgIpc) is 2.53. The highest BCUT2D eigenvalue weighted by atomic mass is 79.9. The van der Waals surface area contributed by atoms with Gasteiger partial charge in [0.2, 0.25) is 0 Å². The third-order valence-corrected chi connectivity index (χ3v) is 4.51. The van der Waals surface area contributed by atoms with Gasteiger partial charge >= 0.3 is 0 Å². The van der Waals surface area contributed by atoms with E-state index in [0.29, 0.717) is 0 Å². The summed E-state index contributed by atoms with van der Waals surface area (Å²) in [5.74, 6) is -0.0650. The van der Waals surface area contributed by atoms with Crippen LogP contribution in [-0.4, -0.2) is 30.6 Å². The first-order valence-electron chi connectivity index (χ1n) is 7.80. The lowest BCUT2D eigenvalue weighted by molar-refractivity contribution is 0.280. The zero-order valence-corrected chi connectivity index (χ0v) is 15.2. The van der Waals surface area contributed by atoms with E-state index in [9.17, 15) is 9.50 Å². The van der Waals surface area contributed by atoms with Crippen LogP contribution < -0.4 is 0 Å². The van der Waals surface area contributed by atoms with Crippen LogP contribution in [0.25, 0.3) is 0 Å². The summed E-state index contributed by atoms with van der Waals surface area (Å²) < 4.78 is 14.2. The first-order valence-corrected chi connectivity index (χ1v) is 8.60. The van der Waals surface area contributed by atoms with Gasteiger partial charge in [-0.1, -0.05) is 34.1 Å².